The van der Waals surface area contributed by atoms with Crippen molar-refractivity contribution in [3.05, 3.63) is 63.7 Å². The van der Waals surface area contributed by atoms with Crippen LogP contribution in [0, 0.1) is 5.82 Å². The van der Waals surface area contributed by atoms with E-state index in [1.165, 1.54) is 18.2 Å². The molecule has 2 aromatic carbocycles. The van der Waals surface area contributed by atoms with E-state index in [9.17, 15) is 14.0 Å². The molecule has 0 bridgehead atoms. The molecule has 0 aliphatic carbocycles. The zero-order valence-corrected chi connectivity index (χ0v) is 15.2. The Morgan fingerprint density at radius 2 is 1.81 bits per heavy atom. The van der Waals surface area contributed by atoms with Crippen molar-refractivity contribution in [2.45, 2.75) is 6.92 Å². The second-order valence-electron chi connectivity index (χ2n) is 5.25. The Bertz CT molecular complexity index is 972. The second-order valence-corrected chi connectivity index (χ2v) is 6.68. The first kappa shape index (κ1) is 18.2. The van der Waals surface area contributed by atoms with Gasteiger partial charge in [0.1, 0.15) is 16.4 Å². The lowest BCUT2D eigenvalue weighted by Gasteiger charge is -2.07. The number of hydrogen-bond donors (Lipinski definition) is 2. The summed E-state index contributed by atoms with van der Waals surface area (Å²) in [7, 11) is 0. The van der Waals surface area contributed by atoms with Crippen LogP contribution >= 0.6 is 22.9 Å². The van der Waals surface area contributed by atoms with E-state index < -0.39 is 17.6 Å². The molecule has 0 aliphatic heterocycles. The minimum absolute atomic E-state index is 0.194. The van der Waals surface area contributed by atoms with Crippen molar-refractivity contribution in [3.63, 3.8) is 0 Å². The van der Waals surface area contributed by atoms with Gasteiger partial charge in [-0.15, -0.1) is 11.3 Å². The highest BCUT2D eigenvalue weighted by Crippen LogP contribution is 2.35. The van der Waals surface area contributed by atoms with Crippen molar-refractivity contribution in [2.24, 2.45) is 0 Å². The molecule has 26 heavy (non-hydrogen) atoms. The normalized spacial score (nSPS) is 10.6. The van der Waals surface area contributed by atoms with Gasteiger partial charge in [-0.25, -0.2) is 4.39 Å². The van der Waals surface area contributed by atoms with Crippen LogP contribution in [-0.4, -0.2) is 18.4 Å². The van der Waals surface area contributed by atoms with Crippen LogP contribution in [0.2, 0.25) is 5.02 Å². The van der Waals surface area contributed by atoms with Gasteiger partial charge in [-0.05, 0) is 49.4 Å². The minimum Gasteiger partial charge on any atom is -0.494 e. The average Bonchev–Trinajstić information content (AvgIpc) is 2.96. The molecular formula is C18H14ClFN2O3S. The topological polar surface area (TPSA) is 67.4 Å². The molecule has 0 radical (unpaired) electrons. The van der Waals surface area contributed by atoms with Crippen molar-refractivity contribution in [1.82, 2.24) is 10.9 Å². The number of carbonyl (C=O) groups is 2. The van der Waals surface area contributed by atoms with Crippen LogP contribution < -0.4 is 15.6 Å². The summed E-state index contributed by atoms with van der Waals surface area (Å²) in [6.07, 6.45) is 0. The van der Waals surface area contributed by atoms with Crippen LogP contribution in [0.1, 0.15) is 27.0 Å². The molecule has 5 nitrogen and oxygen atoms in total. The van der Waals surface area contributed by atoms with Gasteiger partial charge in [0.2, 0.25) is 0 Å². The summed E-state index contributed by atoms with van der Waals surface area (Å²) in [4.78, 5) is 24.6. The van der Waals surface area contributed by atoms with E-state index in [-0.39, 0.29) is 9.90 Å². The lowest BCUT2D eigenvalue weighted by Crippen LogP contribution is -2.41. The Morgan fingerprint density at radius 3 is 2.50 bits per heavy atom. The van der Waals surface area contributed by atoms with Crippen LogP contribution in [0.15, 0.2) is 42.5 Å². The first-order valence-corrected chi connectivity index (χ1v) is 8.90. The summed E-state index contributed by atoms with van der Waals surface area (Å²) in [5.41, 5.74) is 5.00. The number of benzene rings is 2. The zero-order valence-electron chi connectivity index (χ0n) is 13.6. The highest BCUT2D eigenvalue weighted by molar-refractivity contribution is 7.21. The number of carbonyl (C=O) groups excluding carboxylic acids is 2. The number of hydrogen-bond acceptors (Lipinski definition) is 4. The molecule has 0 saturated carbocycles. The van der Waals surface area contributed by atoms with Crippen LogP contribution in [0.5, 0.6) is 5.75 Å². The Balaban J connectivity index is 1.68. The second kappa shape index (κ2) is 7.72. The van der Waals surface area contributed by atoms with Gasteiger partial charge in [-0.3, -0.25) is 20.4 Å². The van der Waals surface area contributed by atoms with Gasteiger partial charge >= 0.3 is 0 Å². The molecule has 1 aromatic heterocycles. The number of halogens is 2. The molecular weight excluding hydrogens is 379 g/mol. The summed E-state index contributed by atoms with van der Waals surface area (Å²) in [6, 6.07) is 10.6. The monoisotopic (exact) mass is 392 g/mol. The van der Waals surface area contributed by atoms with E-state index in [0.29, 0.717) is 28.0 Å². The predicted molar refractivity (Wildman–Crippen MR) is 99.3 cm³/mol. The minimum atomic E-state index is -0.573. The predicted octanol–water partition coefficient (Wildman–Crippen LogP) is 4.17. The third-order valence-corrected chi connectivity index (χ3v) is 5.17. The highest BCUT2D eigenvalue weighted by Gasteiger charge is 2.18. The Labute approximate surface area is 157 Å². The van der Waals surface area contributed by atoms with Gasteiger partial charge in [0.05, 0.1) is 11.6 Å². The van der Waals surface area contributed by atoms with E-state index in [4.69, 9.17) is 16.3 Å². The molecule has 0 unspecified atom stereocenters. The van der Waals surface area contributed by atoms with Gasteiger partial charge in [0, 0.05) is 15.6 Å². The van der Waals surface area contributed by atoms with E-state index in [2.05, 4.69) is 10.9 Å². The van der Waals surface area contributed by atoms with Gasteiger partial charge < -0.3 is 4.74 Å². The number of nitrogens with one attached hydrogen (secondary N) is 2. The summed E-state index contributed by atoms with van der Waals surface area (Å²) >= 11 is 7.23. The van der Waals surface area contributed by atoms with Crippen LogP contribution in [-0.2, 0) is 0 Å². The Morgan fingerprint density at radius 1 is 1.12 bits per heavy atom. The zero-order chi connectivity index (χ0) is 18.7. The van der Waals surface area contributed by atoms with Gasteiger partial charge in [0.15, 0.2) is 0 Å². The smallest absolute Gasteiger partial charge is 0.281 e. The molecule has 3 aromatic rings. The fourth-order valence-corrected chi connectivity index (χ4v) is 3.73. The SMILES string of the molecule is CCOc1ccc(C(=O)NNC(=O)c2sc3cc(F)ccc3c2Cl)cc1. The molecule has 8 heteroatoms. The maximum absolute atomic E-state index is 13.3. The Kier molecular flexibility index (Phi) is 5.39. The first-order chi connectivity index (χ1) is 12.5. The highest BCUT2D eigenvalue weighted by atomic mass is 35.5. The van der Waals surface area contributed by atoms with Crippen LogP contribution in [0.25, 0.3) is 10.1 Å². The van der Waals surface area contributed by atoms with E-state index >= 15 is 0 Å². The standard InChI is InChI=1S/C18H14ClFN2O3S/c1-2-25-12-6-3-10(4-7-12)17(23)21-22-18(24)16-15(19)13-8-5-11(20)9-14(13)26-16/h3-9H,2H2,1H3,(H,21,23)(H,22,24). The fraction of sp³-hybridized carbons (Fsp3) is 0.111. The molecule has 2 N–H and O–H groups in total. The summed E-state index contributed by atoms with van der Waals surface area (Å²) < 4.78 is 19.2. The number of ether oxygens (including phenoxy) is 1. The molecule has 134 valence electrons. The van der Waals surface area contributed by atoms with Gasteiger partial charge in [-0.1, -0.05) is 11.6 Å². The number of amides is 2. The van der Waals surface area contributed by atoms with Crippen molar-refractivity contribution in [3.8, 4) is 5.75 Å². The van der Waals surface area contributed by atoms with Crippen molar-refractivity contribution >= 4 is 44.8 Å². The van der Waals surface area contributed by atoms with Gasteiger partial charge in [-0.2, -0.15) is 0 Å². The summed E-state index contributed by atoms with van der Waals surface area (Å²) in [5.74, 6) is -0.816. The van der Waals surface area contributed by atoms with Gasteiger partial charge in [0.25, 0.3) is 11.8 Å². The molecule has 0 saturated heterocycles. The molecule has 0 aliphatic rings. The third kappa shape index (κ3) is 3.79. The van der Waals surface area contributed by atoms with E-state index in [1.807, 2.05) is 6.92 Å². The van der Waals surface area contributed by atoms with E-state index in [1.54, 1.807) is 24.3 Å². The van der Waals surface area contributed by atoms with Crippen LogP contribution in [0.3, 0.4) is 0 Å². The number of rotatable bonds is 4. The van der Waals surface area contributed by atoms with E-state index in [0.717, 1.165) is 11.3 Å². The van der Waals surface area contributed by atoms with Crippen LogP contribution in [0.4, 0.5) is 4.39 Å². The number of fused-ring (bicyclic) bond motifs is 1. The molecule has 2 amide bonds. The molecule has 1 heterocycles. The number of hydrazine groups is 1. The quantitative estimate of drug-likeness (QED) is 0.655. The summed E-state index contributed by atoms with van der Waals surface area (Å²) in [5, 5.41) is 0.805. The van der Waals surface area contributed by atoms with Crippen molar-refractivity contribution in [2.75, 3.05) is 6.61 Å². The Hall–Kier alpha value is -2.64. The number of thiophene rings is 1. The van der Waals surface area contributed by atoms with Crippen molar-refractivity contribution < 1.29 is 18.7 Å². The summed E-state index contributed by atoms with van der Waals surface area (Å²) in [6.45, 7) is 2.39. The molecule has 3 rings (SSSR count). The lowest BCUT2D eigenvalue weighted by atomic mass is 10.2. The third-order valence-electron chi connectivity index (χ3n) is 3.51. The largest absolute Gasteiger partial charge is 0.494 e. The molecule has 0 fully saturated rings. The maximum Gasteiger partial charge on any atom is 0.281 e. The average molecular weight is 393 g/mol. The maximum atomic E-state index is 13.3. The first-order valence-electron chi connectivity index (χ1n) is 7.70. The van der Waals surface area contributed by atoms with Crippen molar-refractivity contribution in [1.29, 1.82) is 0 Å². The fourth-order valence-electron chi connectivity index (χ4n) is 2.30. The molecule has 0 spiro atoms. The lowest BCUT2D eigenvalue weighted by molar-refractivity contribution is 0.0849. The molecule has 0 atom stereocenters.